The molecule has 0 aromatic rings. The smallest absolute Gasteiger partial charge is 0.188 e. The molecule has 98 valence electrons. The highest BCUT2D eigenvalue weighted by molar-refractivity contribution is 5.77. The molecular weight excluding hydrogens is 212 g/mol. The van der Waals surface area contributed by atoms with Gasteiger partial charge >= 0.3 is 0 Å². The molecule has 1 atom stereocenters. The van der Waals surface area contributed by atoms with Crippen molar-refractivity contribution < 1.29 is 0 Å². The van der Waals surface area contributed by atoms with Crippen molar-refractivity contribution in [3.8, 4) is 0 Å². The van der Waals surface area contributed by atoms with E-state index in [4.69, 9.17) is 5.73 Å². The number of rotatable bonds is 4. The van der Waals surface area contributed by atoms with Gasteiger partial charge in [-0.3, -0.25) is 4.99 Å². The largest absolute Gasteiger partial charge is 0.370 e. The van der Waals surface area contributed by atoms with Crippen molar-refractivity contribution in [2.75, 3.05) is 33.2 Å². The van der Waals surface area contributed by atoms with Gasteiger partial charge in [0.05, 0.1) is 0 Å². The predicted molar refractivity (Wildman–Crippen MR) is 72.1 cm³/mol. The van der Waals surface area contributed by atoms with E-state index in [0.29, 0.717) is 11.9 Å². The summed E-state index contributed by atoms with van der Waals surface area (Å²) in [5, 5.41) is 3.25. The van der Waals surface area contributed by atoms with E-state index in [-0.39, 0.29) is 0 Å². The molecule has 0 radical (unpaired) electrons. The lowest BCUT2D eigenvalue weighted by molar-refractivity contribution is 0.214. The second-order valence-electron chi connectivity index (χ2n) is 5.67. The third kappa shape index (κ3) is 4.19. The molecule has 2 aliphatic rings. The average molecular weight is 238 g/mol. The zero-order chi connectivity index (χ0) is 12.1. The van der Waals surface area contributed by atoms with Crippen LogP contribution in [-0.4, -0.2) is 44.1 Å². The van der Waals surface area contributed by atoms with Gasteiger partial charge in [0.2, 0.25) is 0 Å². The van der Waals surface area contributed by atoms with Gasteiger partial charge in [0.15, 0.2) is 5.96 Å². The summed E-state index contributed by atoms with van der Waals surface area (Å²) in [4.78, 5) is 6.86. The van der Waals surface area contributed by atoms with Crippen molar-refractivity contribution in [1.82, 2.24) is 10.2 Å². The van der Waals surface area contributed by atoms with Gasteiger partial charge < -0.3 is 16.0 Å². The van der Waals surface area contributed by atoms with E-state index in [2.05, 4.69) is 22.3 Å². The number of hydrogen-bond acceptors (Lipinski definition) is 2. The normalized spacial score (nSPS) is 27.8. The molecule has 17 heavy (non-hydrogen) atoms. The maximum absolute atomic E-state index is 5.88. The third-order valence-corrected chi connectivity index (χ3v) is 4.04. The van der Waals surface area contributed by atoms with Crippen LogP contribution in [-0.2, 0) is 0 Å². The second-order valence-corrected chi connectivity index (χ2v) is 5.67. The van der Waals surface area contributed by atoms with E-state index in [1.807, 2.05) is 0 Å². The monoisotopic (exact) mass is 238 g/mol. The van der Waals surface area contributed by atoms with Crippen molar-refractivity contribution in [2.24, 2.45) is 22.6 Å². The lowest BCUT2D eigenvalue weighted by Gasteiger charge is -2.28. The standard InChI is InChI=1S/C13H26N4/c1-17-7-3-6-12(10-17)9-16-13(14)15-8-11-4-2-5-11/h11-12H,2-10H2,1H3,(H3,14,15,16). The van der Waals surface area contributed by atoms with Crippen LogP contribution in [0.3, 0.4) is 0 Å². The minimum atomic E-state index is 0.644. The summed E-state index contributed by atoms with van der Waals surface area (Å²) in [7, 11) is 2.19. The zero-order valence-corrected chi connectivity index (χ0v) is 11.0. The van der Waals surface area contributed by atoms with E-state index in [0.717, 1.165) is 19.0 Å². The van der Waals surface area contributed by atoms with Crippen molar-refractivity contribution in [1.29, 1.82) is 0 Å². The van der Waals surface area contributed by atoms with Crippen LogP contribution in [0, 0.1) is 11.8 Å². The van der Waals surface area contributed by atoms with Crippen LogP contribution >= 0.6 is 0 Å². The third-order valence-electron chi connectivity index (χ3n) is 4.04. The van der Waals surface area contributed by atoms with Crippen LogP contribution < -0.4 is 11.1 Å². The highest BCUT2D eigenvalue weighted by atomic mass is 15.1. The molecule has 1 aliphatic carbocycles. The molecule has 4 heteroatoms. The maximum Gasteiger partial charge on any atom is 0.188 e. The van der Waals surface area contributed by atoms with E-state index < -0.39 is 0 Å². The van der Waals surface area contributed by atoms with Crippen LogP contribution in [0.25, 0.3) is 0 Å². The molecule has 1 saturated heterocycles. The summed E-state index contributed by atoms with van der Waals surface area (Å²) < 4.78 is 0. The number of piperidine rings is 1. The van der Waals surface area contributed by atoms with Crippen LogP contribution in [0.5, 0.6) is 0 Å². The predicted octanol–water partition coefficient (Wildman–Crippen LogP) is 1.03. The van der Waals surface area contributed by atoms with Crippen LogP contribution in [0.1, 0.15) is 32.1 Å². The fourth-order valence-electron chi connectivity index (χ4n) is 2.65. The minimum absolute atomic E-state index is 0.644. The summed E-state index contributed by atoms with van der Waals surface area (Å²) in [6.07, 6.45) is 6.69. The average Bonchev–Trinajstić information content (AvgIpc) is 2.24. The molecule has 1 aliphatic heterocycles. The highest BCUT2D eigenvalue weighted by Crippen LogP contribution is 2.25. The first-order chi connectivity index (χ1) is 8.24. The molecule has 2 rings (SSSR count). The number of nitrogens with zero attached hydrogens (tertiary/aromatic N) is 2. The Morgan fingerprint density at radius 2 is 2.06 bits per heavy atom. The molecule has 0 aromatic heterocycles. The zero-order valence-electron chi connectivity index (χ0n) is 11.0. The van der Waals surface area contributed by atoms with Crippen molar-refractivity contribution in [3.05, 3.63) is 0 Å². The summed E-state index contributed by atoms with van der Waals surface area (Å²) >= 11 is 0. The molecule has 1 unspecified atom stereocenters. The maximum atomic E-state index is 5.88. The molecule has 0 aromatic carbocycles. The fourth-order valence-corrected chi connectivity index (χ4v) is 2.65. The topological polar surface area (TPSA) is 53.6 Å². The summed E-state index contributed by atoms with van der Waals surface area (Å²) in [6.45, 7) is 4.29. The van der Waals surface area contributed by atoms with Gasteiger partial charge in [0, 0.05) is 19.6 Å². The SMILES string of the molecule is CN1CCCC(CN=C(N)NCC2CCC2)C1. The Bertz CT molecular complexity index is 260. The highest BCUT2D eigenvalue weighted by Gasteiger charge is 2.18. The number of nitrogens with two attached hydrogens (primary N) is 1. The summed E-state index contributed by atoms with van der Waals surface area (Å²) in [5.74, 6) is 2.17. The molecule has 0 spiro atoms. The molecule has 0 amide bonds. The van der Waals surface area contributed by atoms with Crippen molar-refractivity contribution in [2.45, 2.75) is 32.1 Å². The lowest BCUT2D eigenvalue weighted by atomic mass is 9.85. The Labute approximate surface area is 105 Å². The Hall–Kier alpha value is -0.770. The fraction of sp³-hybridized carbons (Fsp3) is 0.923. The number of hydrogen-bond donors (Lipinski definition) is 2. The number of likely N-dealkylation sites (tertiary alicyclic amines) is 1. The molecule has 3 N–H and O–H groups in total. The van der Waals surface area contributed by atoms with E-state index in [9.17, 15) is 0 Å². The molecule has 1 saturated carbocycles. The Kier molecular flexibility index (Phi) is 4.66. The van der Waals surface area contributed by atoms with Crippen molar-refractivity contribution >= 4 is 5.96 Å². The number of aliphatic imine (C=N–C) groups is 1. The quantitative estimate of drug-likeness (QED) is 0.568. The first-order valence-corrected chi connectivity index (χ1v) is 6.96. The van der Waals surface area contributed by atoms with Gasteiger partial charge in [-0.15, -0.1) is 0 Å². The number of guanidine groups is 1. The molecular formula is C13H26N4. The van der Waals surface area contributed by atoms with E-state index in [1.54, 1.807) is 0 Å². The van der Waals surface area contributed by atoms with E-state index >= 15 is 0 Å². The Balaban J connectivity index is 1.63. The molecule has 2 fully saturated rings. The second kappa shape index (κ2) is 6.24. The van der Waals surface area contributed by atoms with E-state index in [1.165, 1.54) is 45.2 Å². The molecule has 1 heterocycles. The first-order valence-electron chi connectivity index (χ1n) is 6.96. The van der Waals surface area contributed by atoms with Gasteiger partial charge in [-0.1, -0.05) is 6.42 Å². The summed E-state index contributed by atoms with van der Waals surface area (Å²) in [5.41, 5.74) is 5.88. The van der Waals surface area contributed by atoms with Gasteiger partial charge in [-0.05, 0) is 51.1 Å². The van der Waals surface area contributed by atoms with Crippen LogP contribution in [0.2, 0.25) is 0 Å². The lowest BCUT2D eigenvalue weighted by Crippen LogP contribution is -2.38. The van der Waals surface area contributed by atoms with Gasteiger partial charge in [-0.2, -0.15) is 0 Å². The Morgan fingerprint density at radius 3 is 2.71 bits per heavy atom. The Morgan fingerprint density at radius 1 is 1.29 bits per heavy atom. The van der Waals surface area contributed by atoms with Crippen LogP contribution in [0.4, 0.5) is 0 Å². The minimum Gasteiger partial charge on any atom is -0.370 e. The van der Waals surface area contributed by atoms with Gasteiger partial charge in [-0.25, -0.2) is 0 Å². The first kappa shape index (κ1) is 12.7. The van der Waals surface area contributed by atoms with Crippen LogP contribution in [0.15, 0.2) is 4.99 Å². The van der Waals surface area contributed by atoms with Crippen molar-refractivity contribution in [3.63, 3.8) is 0 Å². The summed E-state index contributed by atoms with van der Waals surface area (Å²) in [6, 6.07) is 0. The van der Waals surface area contributed by atoms with Gasteiger partial charge in [0.1, 0.15) is 0 Å². The molecule has 4 nitrogen and oxygen atoms in total. The number of nitrogens with one attached hydrogen (secondary N) is 1. The van der Waals surface area contributed by atoms with Gasteiger partial charge in [0.25, 0.3) is 0 Å². The molecule has 0 bridgehead atoms.